The van der Waals surface area contributed by atoms with Crippen LogP contribution in [0.15, 0.2) is 60.7 Å². The van der Waals surface area contributed by atoms with Crippen molar-refractivity contribution in [3.8, 4) is 11.8 Å². The van der Waals surface area contributed by atoms with Gasteiger partial charge in [-0.3, -0.25) is 0 Å². The molecule has 0 aliphatic heterocycles. The highest BCUT2D eigenvalue weighted by molar-refractivity contribution is 5.39. The molecule has 0 spiro atoms. The molecule has 0 nitrogen and oxygen atoms in total. The molecule has 4 rings (SSSR count). The number of hydrogen-bond acceptors (Lipinski definition) is 0. The number of hydrogen-bond donors (Lipinski definition) is 0. The molecule has 2 aliphatic rings. The summed E-state index contributed by atoms with van der Waals surface area (Å²) in [6, 6.07) is 18.5. The second-order valence-electron chi connectivity index (χ2n) is 10.5. The normalized spacial score (nSPS) is 25.5. The van der Waals surface area contributed by atoms with Gasteiger partial charge in [0.2, 0.25) is 0 Å². The Kier molecular flexibility index (Phi) is 8.88. The summed E-state index contributed by atoms with van der Waals surface area (Å²) in [5, 5.41) is 0. The highest BCUT2D eigenvalue weighted by atomic mass is 14.3. The average Bonchev–Trinajstić information content (AvgIpc) is 2.88. The van der Waals surface area contributed by atoms with Gasteiger partial charge in [0.15, 0.2) is 0 Å². The molecule has 0 unspecified atom stereocenters. The Balaban J connectivity index is 1.22. The zero-order valence-corrected chi connectivity index (χ0v) is 20.9. The Hall–Kier alpha value is -2.26. The minimum absolute atomic E-state index is 0.690. The zero-order valence-electron chi connectivity index (χ0n) is 20.9. The standard InChI is InChI=1S/C33H42/c1-3-7-27-12-20-31(21-13-27)33-24-16-29(17-25-33)9-6-5-8-28-14-22-32(23-15-28)30-18-10-26(4-2)11-19-30/h6,9,12-15,20-23,26,29-30,33H,3-4,7,10-11,16-19,24-25H2,1-2H3/t26-,29-,30-,33-. The highest BCUT2D eigenvalue weighted by Gasteiger charge is 2.21. The second kappa shape index (κ2) is 12.3. The van der Waals surface area contributed by atoms with Crippen molar-refractivity contribution in [2.24, 2.45) is 11.8 Å². The van der Waals surface area contributed by atoms with Gasteiger partial charge in [-0.05, 0) is 116 Å². The molecule has 0 heteroatoms. The molecule has 2 aliphatic carbocycles. The number of rotatable bonds is 6. The van der Waals surface area contributed by atoms with Gasteiger partial charge >= 0.3 is 0 Å². The van der Waals surface area contributed by atoms with Crippen LogP contribution in [0, 0.1) is 23.7 Å². The Morgan fingerprint density at radius 1 is 0.727 bits per heavy atom. The van der Waals surface area contributed by atoms with Gasteiger partial charge in [-0.15, -0.1) is 0 Å². The number of aryl methyl sites for hydroxylation is 1. The van der Waals surface area contributed by atoms with Crippen LogP contribution in [0.2, 0.25) is 0 Å². The summed E-state index contributed by atoms with van der Waals surface area (Å²) in [6.07, 6.45) is 18.9. The summed E-state index contributed by atoms with van der Waals surface area (Å²) in [5.74, 6) is 9.80. The van der Waals surface area contributed by atoms with Gasteiger partial charge in [0.25, 0.3) is 0 Å². The van der Waals surface area contributed by atoms with Crippen LogP contribution < -0.4 is 0 Å². The molecule has 2 saturated carbocycles. The minimum atomic E-state index is 0.690. The van der Waals surface area contributed by atoms with Crippen LogP contribution in [0.25, 0.3) is 0 Å². The van der Waals surface area contributed by atoms with E-state index in [2.05, 4.69) is 86.4 Å². The Bertz CT molecular complexity index is 918. The van der Waals surface area contributed by atoms with E-state index >= 15 is 0 Å². The zero-order chi connectivity index (χ0) is 22.9. The molecule has 33 heavy (non-hydrogen) atoms. The van der Waals surface area contributed by atoms with Gasteiger partial charge in [0.1, 0.15) is 0 Å². The van der Waals surface area contributed by atoms with Gasteiger partial charge in [-0.1, -0.05) is 81.0 Å². The molecule has 174 valence electrons. The van der Waals surface area contributed by atoms with Gasteiger partial charge in [-0.25, -0.2) is 0 Å². The van der Waals surface area contributed by atoms with E-state index in [-0.39, 0.29) is 0 Å². The Labute approximate surface area is 202 Å². The first-order chi connectivity index (χ1) is 16.2. The molecule has 0 N–H and O–H groups in total. The van der Waals surface area contributed by atoms with Crippen molar-refractivity contribution in [1.29, 1.82) is 0 Å². The SMILES string of the molecule is CCCc1ccc([C@H]2CC[C@H](C=CC#Cc3ccc([C@H]4CC[C@H](CC)CC4)cc3)CC2)cc1. The smallest absolute Gasteiger partial charge is 0.0249 e. The molecule has 0 saturated heterocycles. The number of benzene rings is 2. The lowest BCUT2D eigenvalue weighted by molar-refractivity contribution is 0.319. The quantitative estimate of drug-likeness (QED) is 0.394. The van der Waals surface area contributed by atoms with E-state index in [9.17, 15) is 0 Å². The topological polar surface area (TPSA) is 0 Å². The van der Waals surface area contributed by atoms with E-state index in [0.717, 1.165) is 23.3 Å². The lowest BCUT2D eigenvalue weighted by atomic mass is 9.78. The van der Waals surface area contributed by atoms with E-state index in [1.54, 1.807) is 5.56 Å². The van der Waals surface area contributed by atoms with Crippen molar-refractivity contribution in [2.45, 2.75) is 96.3 Å². The molecular weight excluding hydrogens is 396 g/mol. The predicted molar refractivity (Wildman–Crippen MR) is 143 cm³/mol. The van der Waals surface area contributed by atoms with E-state index in [1.165, 1.54) is 81.8 Å². The third kappa shape index (κ3) is 6.86. The molecule has 0 amide bonds. The monoisotopic (exact) mass is 438 g/mol. The fourth-order valence-corrected chi connectivity index (χ4v) is 5.94. The summed E-state index contributed by atoms with van der Waals surface area (Å²) >= 11 is 0. The van der Waals surface area contributed by atoms with Gasteiger partial charge in [0.05, 0.1) is 0 Å². The second-order valence-corrected chi connectivity index (χ2v) is 10.5. The lowest BCUT2D eigenvalue weighted by Gasteiger charge is -2.28. The molecule has 2 aromatic rings. The molecule has 0 aromatic heterocycles. The lowest BCUT2D eigenvalue weighted by Crippen LogP contribution is -2.12. The summed E-state index contributed by atoms with van der Waals surface area (Å²) in [6.45, 7) is 4.59. The summed E-state index contributed by atoms with van der Waals surface area (Å²) in [7, 11) is 0. The molecule has 2 aromatic carbocycles. The molecule has 0 heterocycles. The Morgan fingerprint density at radius 2 is 1.30 bits per heavy atom. The van der Waals surface area contributed by atoms with Crippen LogP contribution in [-0.2, 0) is 6.42 Å². The predicted octanol–water partition coefficient (Wildman–Crippen LogP) is 9.20. The van der Waals surface area contributed by atoms with Crippen molar-refractivity contribution in [1.82, 2.24) is 0 Å². The first-order valence-corrected chi connectivity index (χ1v) is 13.6. The van der Waals surface area contributed by atoms with E-state index in [0.29, 0.717) is 5.92 Å². The van der Waals surface area contributed by atoms with Crippen LogP contribution in [-0.4, -0.2) is 0 Å². The molecule has 2 fully saturated rings. The Morgan fingerprint density at radius 3 is 1.88 bits per heavy atom. The summed E-state index contributed by atoms with van der Waals surface area (Å²) in [4.78, 5) is 0. The fraction of sp³-hybridized carbons (Fsp3) is 0.515. The third-order valence-electron chi connectivity index (χ3n) is 8.24. The van der Waals surface area contributed by atoms with Crippen molar-refractivity contribution in [2.75, 3.05) is 0 Å². The van der Waals surface area contributed by atoms with Crippen LogP contribution >= 0.6 is 0 Å². The first-order valence-electron chi connectivity index (χ1n) is 13.6. The molecule has 0 radical (unpaired) electrons. The fourth-order valence-electron chi connectivity index (χ4n) is 5.94. The molecular formula is C33H42. The maximum atomic E-state index is 3.34. The summed E-state index contributed by atoms with van der Waals surface area (Å²) in [5.41, 5.74) is 5.67. The van der Waals surface area contributed by atoms with Crippen molar-refractivity contribution in [3.63, 3.8) is 0 Å². The maximum absolute atomic E-state index is 3.34. The van der Waals surface area contributed by atoms with Gasteiger partial charge in [0, 0.05) is 5.56 Å². The van der Waals surface area contributed by atoms with Crippen molar-refractivity contribution >= 4 is 0 Å². The van der Waals surface area contributed by atoms with Crippen molar-refractivity contribution < 1.29 is 0 Å². The number of allylic oxidation sites excluding steroid dienone is 2. The first kappa shape index (κ1) is 23.9. The van der Waals surface area contributed by atoms with Gasteiger partial charge in [-0.2, -0.15) is 0 Å². The van der Waals surface area contributed by atoms with E-state index in [1.807, 2.05) is 0 Å². The van der Waals surface area contributed by atoms with Crippen LogP contribution in [0.5, 0.6) is 0 Å². The van der Waals surface area contributed by atoms with E-state index in [4.69, 9.17) is 0 Å². The maximum Gasteiger partial charge on any atom is 0.0249 e. The van der Waals surface area contributed by atoms with Crippen LogP contribution in [0.1, 0.15) is 112 Å². The van der Waals surface area contributed by atoms with Crippen molar-refractivity contribution in [3.05, 3.63) is 82.9 Å². The molecule has 0 atom stereocenters. The van der Waals surface area contributed by atoms with E-state index < -0.39 is 0 Å². The highest BCUT2D eigenvalue weighted by Crippen LogP contribution is 2.37. The minimum Gasteiger partial charge on any atom is -0.0730 e. The van der Waals surface area contributed by atoms with Crippen LogP contribution in [0.4, 0.5) is 0 Å². The average molecular weight is 439 g/mol. The van der Waals surface area contributed by atoms with Gasteiger partial charge < -0.3 is 0 Å². The summed E-state index contributed by atoms with van der Waals surface area (Å²) < 4.78 is 0. The third-order valence-corrected chi connectivity index (χ3v) is 8.24. The molecule has 0 bridgehead atoms. The largest absolute Gasteiger partial charge is 0.0730 e. The van der Waals surface area contributed by atoms with Crippen LogP contribution in [0.3, 0.4) is 0 Å².